The van der Waals surface area contributed by atoms with Gasteiger partial charge in [0.15, 0.2) is 9.84 Å². The molecule has 6 heteroatoms. The van der Waals surface area contributed by atoms with Gasteiger partial charge < -0.3 is 10.4 Å². The first kappa shape index (κ1) is 24.2. The second-order valence-corrected chi connectivity index (χ2v) is 7.88. The Morgan fingerprint density at radius 1 is 0.897 bits per heavy atom. The summed E-state index contributed by atoms with van der Waals surface area (Å²) in [4.78, 5) is 12.5. The number of nitrogens with one attached hydrogen (secondary N) is 1. The van der Waals surface area contributed by atoms with Crippen LogP contribution in [-0.2, 0) is 9.84 Å². The second-order valence-electron chi connectivity index (χ2n) is 5.60. The number of carbonyl (C=O) groups excluding carboxylic acids is 1. The number of phenols is 1. The molecule has 0 saturated carbocycles. The molecule has 0 aliphatic carbocycles. The van der Waals surface area contributed by atoms with E-state index in [9.17, 15) is 18.3 Å². The first-order chi connectivity index (χ1) is 13.9. The average molecular weight is 416 g/mol. The molecule has 3 aromatic carbocycles. The molecular formula is C23H29NO4S. The first-order valence-electron chi connectivity index (χ1n) is 9.76. The Hall–Kier alpha value is -2.86. The summed E-state index contributed by atoms with van der Waals surface area (Å²) in [6.07, 6.45) is 0. The number of anilines is 1. The van der Waals surface area contributed by atoms with Crippen molar-refractivity contribution in [2.24, 2.45) is 0 Å². The molecule has 3 rings (SSSR count). The van der Waals surface area contributed by atoms with Crippen molar-refractivity contribution in [2.45, 2.75) is 39.5 Å². The lowest BCUT2D eigenvalue weighted by molar-refractivity contribution is 0.102. The maximum absolute atomic E-state index is 12.5. The summed E-state index contributed by atoms with van der Waals surface area (Å²) >= 11 is 0. The number of carbonyl (C=O) groups is 1. The van der Waals surface area contributed by atoms with E-state index in [0.29, 0.717) is 5.56 Å². The van der Waals surface area contributed by atoms with Crippen LogP contribution in [0.4, 0.5) is 5.69 Å². The second kappa shape index (κ2) is 11.2. The summed E-state index contributed by atoms with van der Waals surface area (Å²) in [5, 5.41) is 14.4. The Balaban J connectivity index is 0.000000989. The fourth-order valence-corrected chi connectivity index (χ4v) is 3.41. The molecule has 2 N–H and O–H groups in total. The molecule has 0 fully saturated rings. The lowest BCUT2D eigenvalue weighted by atomic mass is 10.1. The van der Waals surface area contributed by atoms with Gasteiger partial charge in [-0.15, -0.1) is 0 Å². The van der Waals surface area contributed by atoms with Gasteiger partial charge >= 0.3 is 0 Å². The maximum atomic E-state index is 12.5. The predicted octanol–water partition coefficient (Wildman–Crippen LogP) is 5.64. The number of hydrogen-bond donors (Lipinski definition) is 2. The quantitative estimate of drug-likeness (QED) is 0.540. The zero-order valence-electron chi connectivity index (χ0n) is 17.6. The van der Waals surface area contributed by atoms with Gasteiger partial charge in [-0.25, -0.2) is 8.42 Å². The van der Waals surface area contributed by atoms with Gasteiger partial charge in [-0.2, -0.15) is 0 Å². The van der Waals surface area contributed by atoms with E-state index in [2.05, 4.69) is 5.32 Å². The number of fused-ring (bicyclic) bond motifs is 1. The molecule has 3 aromatic rings. The molecule has 29 heavy (non-hydrogen) atoms. The highest BCUT2D eigenvalue weighted by Crippen LogP contribution is 2.27. The minimum atomic E-state index is -3.43. The van der Waals surface area contributed by atoms with Gasteiger partial charge in [0.05, 0.1) is 16.3 Å². The van der Waals surface area contributed by atoms with Gasteiger partial charge in [-0.05, 0) is 41.1 Å². The number of rotatable bonds is 4. The molecule has 0 bridgehead atoms. The van der Waals surface area contributed by atoms with Crippen LogP contribution in [0.2, 0.25) is 0 Å². The molecule has 156 valence electrons. The van der Waals surface area contributed by atoms with Gasteiger partial charge in [0, 0.05) is 5.56 Å². The minimum Gasteiger partial charge on any atom is -0.506 e. The number of amides is 1. The highest BCUT2D eigenvalue weighted by atomic mass is 32.2. The molecule has 1 amide bonds. The molecular weight excluding hydrogens is 386 g/mol. The fourth-order valence-electron chi connectivity index (χ4n) is 2.50. The van der Waals surface area contributed by atoms with Crippen LogP contribution in [0.1, 0.15) is 45.0 Å². The SMILES string of the molecule is CC.CC.CCS(=O)(=O)c1ccc(O)c(NC(=O)c2ccc3ccccc3c2)c1. The van der Waals surface area contributed by atoms with E-state index < -0.39 is 15.7 Å². The van der Waals surface area contributed by atoms with E-state index in [1.807, 2.05) is 58.0 Å². The fraction of sp³-hybridized carbons (Fsp3) is 0.261. The van der Waals surface area contributed by atoms with Gasteiger partial charge in [0.1, 0.15) is 5.75 Å². The van der Waals surface area contributed by atoms with E-state index in [-0.39, 0.29) is 22.1 Å². The molecule has 0 unspecified atom stereocenters. The van der Waals surface area contributed by atoms with E-state index in [4.69, 9.17) is 0 Å². The Bertz CT molecular complexity index is 1060. The molecule has 0 atom stereocenters. The summed E-state index contributed by atoms with van der Waals surface area (Å²) < 4.78 is 23.9. The summed E-state index contributed by atoms with van der Waals surface area (Å²) in [5.41, 5.74) is 0.481. The third-order valence-corrected chi connectivity index (χ3v) is 5.70. The summed E-state index contributed by atoms with van der Waals surface area (Å²) in [6.45, 7) is 9.54. The number of sulfone groups is 1. The van der Waals surface area contributed by atoms with Crippen molar-refractivity contribution in [3.63, 3.8) is 0 Å². The van der Waals surface area contributed by atoms with Gasteiger partial charge in [0.25, 0.3) is 5.91 Å². The third-order valence-electron chi connectivity index (χ3n) is 3.97. The Labute approximate surface area is 173 Å². The largest absolute Gasteiger partial charge is 0.506 e. The normalized spacial score (nSPS) is 10.2. The zero-order chi connectivity index (χ0) is 22.0. The van der Waals surface area contributed by atoms with E-state index in [1.54, 1.807) is 12.1 Å². The predicted molar refractivity (Wildman–Crippen MR) is 120 cm³/mol. The van der Waals surface area contributed by atoms with Crippen LogP contribution < -0.4 is 5.32 Å². The van der Waals surface area contributed by atoms with Crippen LogP contribution in [0.3, 0.4) is 0 Å². The minimum absolute atomic E-state index is 0.0570. The van der Waals surface area contributed by atoms with Crippen LogP contribution in [-0.4, -0.2) is 25.2 Å². The number of benzene rings is 3. The third kappa shape index (κ3) is 6.06. The van der Waals surface area contributed by atoms with Crippen molar-refractivity contribution in [3.8, 4) is 5.75 Å². The Morgan fingerprint density at radius 3 is 2.14 bits per heavy atom. The van der Waals surface area contributed by atoms with Crippen molar-refractivity contribution in [3.05, 3.63) is 66.2 Å². The summed E-state index contributed by atoms with van der Waals surface area (Å²) in [5.74, 6) is -0.674. The van der Waals surface area contributed by atoms with Crippen LogP contribution >= 0.6 is 0 Å². The average Bonchev–Trinajstić information content (AvgIpc) is 2.77. The maximum Gasteiger partial charge on any atom is 0.255 e. The highest BCUT2D eigenvalue weighted by Gasteiger charge is 2.16. The van der Waals surface area contributed by atoms with Crippen LogP contribution in [0, 0.1) is 0 Å². The van der Waals surface area contributed by atoms with E-state index >= 15 is 0 Å². The molecule has 0 aliphatic heterocycles. The lowest BCUT2D eigenvalue weighted by Crippen LogP contribution is -2.13. The summed E-state index contributed by atoms with van der Waals surface area (Å²) in [6, 6.07) is 16.8. The van der Waals surface area contributed by atoms with Crippen molar-refractivity contribution >= 4 is 32.2 Å². The molecule has 0 saturated heterocycles. The zero-order valence-corrected chi connectivity index (χ0v) is 18.4. The monoisotopic (exact) mass is 415 g/mol. The topological polar surface area (TPSA) is 83.5 Å². The summed E-state index contributed by atoms with van der Waals surface area (Å²) in [7, 11) is -3.43. The number of hydrogen-bond acceptors (Lipinski definition) is 4. The molecule has 0 spiro atoms. The molecule has 5 nitrogen and oxygen atoms in total. The Kier molecular flexibility index (Phi) is 9.35. The Morgan fingerprint density at radius 2 is 1.52 bits per heavy atom. The van der Waals surface area contributed by atoms with Crippen molar-refractivity contribution in [1.29, 1.82) is 0 Å². The van der Waals surface area contributed by atoms with Gasteiger partial charge in [0.2, 0.25) is 0 Å². The van der Waals surface area contributed by atoms with Gasteiger partial charge in [-0.3, -0.25) is 4.79 Å². The van der Waals surface area contributed by atoms with E-state index in [0.717, 1.165) is 10.8 Å². The van der Waals surface area contributed by atoms with E-state index in [1.165, 1.54) is 25.1 Å². The van der Waals surface area contributed by atoms with Crippen LogP contribution in [0.5, 0.6) is 5.75 Å². The smallest absolute Gasteiger partial charge is 0.255 e. The van der Waals surface area contributed by atoms with Crippen LogP contribution in [0.25, 0.3) is 10.8 Å². The molecule has 0 heterocycles. The van der Waals surface area contributed by atoms with Crippen molar-refractivity contribution in [2.75, 3.05) is 11.1 Å². The van der Waals surface area contributed by atoms with Crippen LogP contribution in [0.15, 0.2) is 65.6 Å². The molecule has 0 radical (unpaired) electrons. The lowest BCUT2D eigenvalue weighted by Gasteiger charge is -2.10. The number of aromatic hydroxyl groups is 1. The van der Waals surface area contributed by atoms with Gasteiger partial charge in [-0.1, -0.05) is 65.0 Å². The first-order valence-corrected chi connectivity index (χ1v) is 11.4. The molecule has 0 aliphatic rings. The highest BCUT2D eigenvalue weighted by molar-refractivity contribution is 7.91. The number of phenolic OH excluding ortho intramolecular Hbond substituents is 1. The van der Waals surface area contributed by atoms with Crippen molar-refractivity contribution < 1.29 is 18.3 Å². The van der Waals surface area contributed by atoms with Crippen molar-refractivity contribution in [1.82, 2.24) is 0 Å². The molecule has 0 aromatic heterocycles. The standard InChI is InChI=1S/C19H17NO4S.2C2H6/c1-2-25(23,24)16-9-10-18(21)17(12-16)20-19(22)15-8-7-13-5-3-4-6-14(13)11-15;2*1-2/h3-12,21H,2H2,1H3,(H,20,22);2*1-2H3.